The number of benzene rings is 2. The molecule has 0 bridgehead atoms. The molecule has 0 saturated carbocycles. The van der Waals surface area contributed by atoms with Gasteiger partial charge in [0, 0.05) is 12.1 Å². The Kier molecular flexibility index (Phi) is 5.72. The van der Waals surface area contributed by atoms with Gasteiger partial charge >= 0.3 is 0 Å². The molecule has 4 nitrogen and oxygen atoms in total. The maximum Gasteiger partial charge on any atom is 0.251 e. The molecule has 114 valence electrons. The molecule has 4 heteroatoms. The third-order valence-electron chi connectivity index (χ3n) is 3.30. The van der Waals surface area contributed by atoms with Gasteiger partial charge in [-0.25, -0.2) is 0 Å². The van der Waals surface area contributed by atoms with Crippen LogP contribution in [0, 0.1) is 6.92 Å². The second kappa shape index (κ2) is 7.98. The van der Waals surface area contributed by atoms with Crippen molar-refractivity contribution in [3.05, 3.63) is 71.3 Å². The van der Waals surface area contributed by atoms with Gasteiger partial charge in [-0.2, -0.15) is 0 Å². The van der Waals surface area contributed by atoms with Crippen molar-refractivity contribution in [1.29, 1.82) is 0 Å². The molecule has 0 radical (unpaired) electrons. The predicted molar refractivity (Wildman–Crippen MR) is 86.7 cm³/mol. The molecule has 0 saturated heterocycles. The monoisotopic (exact) mass is 296 g/mol. The minimum absolute atomic E-state index is 0.0124. The lowest BCUT2D eigenvalue weighted by Gasteiger charge is -2.07. The number of amides is 2. The SMILES string of the molecule is Cc1ccc(C(=O)NCC(=O)NCCc2ccccc2)cc1. The molecular weight excluding hydrogens is 276 g/mol. The van der Waals surface area contributed by atoms with Crippen LogP contribution < -0.4 is 10.6 Å². The highest BCUT2D eigenvalue weighted by molar-refractivity contribution is 5.96. The Labute approximate surface area is 130 Å². The number of carbonyl (C=O) groups is 2. The summed E-state index contributed by atoms with van der Waals surface area (Å²) in [5.74, 6) is -0.422. The van der Waals surface area contributed by atoms with Crippen LogP contribution in [0.1, 0.15) is 21.5 Å². The van der Waals surface area contributed by atoms with E-state index in [0.29, 0.717) is 12.1 Å². The van der Waals surface area contributed by atoms with E-state index >= 15 is 0 Å². The maximum absolute atomic E-state index is 11.9. The number of carbonyl (C=O) groups excluding carboxylic acids is 2. The molecular formula is C18H20N2O2. The average Bonchev–Trinajstić information content (AvgIpc) is 2.54. The summed E-state index contributed by atoms with van der Waals surface area (Å²) in [6.07, 6.45) is 0.776. The van der Waals surface area contributed by atoms with Gasteiger partial charge in [-0.15, -0.1) is 0 Å². The second-order valence-electron chi connectivity index (χ2n) is 5.13. The van der Waals surface area contributed by atoms with Crippen molar-refractivity contribution in [3.8, 4) is 0 Å². The number of nitrogens with one attached hydrogen (secondary N) is 2. The number of rotatable bonds is 6. The van der Waals surface area contributed by atoms with Crippen molar-refractivity contribution in [1.82, 2.24) is 10.6 Å². The van der Waals surface area contributed by atoms with E-state index in [-0.39, 0.29) is 18.4 Å². The van der Waals surface area contributed by atoms with Gasteiger partial charge in [0.25, 0.3) is 5.91 Å². The number of hydrogen-bond acceptors (Lipinski definition) is 2. The first kappa shape index (κ1) is 15.8. The molecule has 22 heavy (non-hydrogen) atoms. The van der Waals surface area contributed by atoms with E-state index in [2.05, 4.69) is 10.6 Å². The summed E-state index contributed by atoms with van der Waals surface area (Å²) in [6.45, 7) is 2.51. The molecule has 0 aliphatic rings. The van der Waals surface area contributed by atoms with E-state index in [9.17, 15) is 9.59 Å². The molecule has 0 aliphatic carbocycles. The van der Waals surface area contributed by atoms with E-state index in [0.717, 1.165) is 12.0 Å². The standard InChI is InChI=1S/C18H20N2O2/c1-14-7-9-16(10-8-14)18(22)20-13-17(21)19-12-11-15-5-3-2-4-6-15/h2-10H,11-13H2,1H3,(H,19,21)(H,20,22). The summed E-state index contributed by atoms with van der Waals surface area (Å²) in [7, 11) is 0. The fraction of sp³-hybridized carbons (Fsp3) is 0.222. The molecule has 2 rings (SSSR count). The lowest BCUT2D eigenvalue weighted by atomic mass is 10.1. The second-order valence-corrected chi connectivity index (χ2v) is 5.13. The zero-order valence-corrected chi connectivity index (χ0v) is 12.6. The number of aryl methyl sites for hydroxylation is 1. The van der Waals surface area contributed by atoms with Crippen LogP contribution in [-0.2, 0) is 11.2 Å². The van der Waals surface area contributed by atoms with Crippen LogP contribution in [0.25, 0.3) is 0 Å². The molecule has 0 fully saturated rings. The van der Waals surface area contributed by atoms with Crippen molar-refractivity contribution in [2.45, 2.75) is 13.3 Å². The summed E-state index contributed by atoms with van der Waals surface area (Å²) >= 11 is 0. The molecule has 2 aromatic carbocycles. The predicted octanol–water partition coefficient (Wildman–Crippen LogP) is 2.08. The first-order chi connectivity index (χ1) is 10.6. The van der Waals surface area contributed by atoms with Crippen molar-refractivity contribution in [2.75, 3.05) is 13.1 Å². The molecule has 0 aromatic heterocycles. The molecule has 2 amide bonds. The van der Waals surface area contributed by atoms with E-state index < -0.39 is 0 Å². The molecule has 0 heterocycles. The highest BCUT2D eigenvalue weighted by atomic mass is 16.2. The average molecular weight is 296 g/mol. The van der Waals surface area contributed by atoms with Crippen LogP contribution >= 0.6 is 0 Å². The van der Waals surface area contributed by atoms with Gasteiger partial charge in [0.05, 0.1) is 6.54 Å². The van der Waals surface area contributed by atoms with E-state index in [1.54, 1.807) is 12.1 Å². The van der Waals surface area contributed by atoms with E-state index in [4.69, 9.17) is 0 Å². The summed E-state index contributed by atoms with van der Waals surface area (Å²) in [4.78, 5) is 23.6. The van der Waals surface area contributed by atoms with Gasteiger partial charge in [0.15, 0.2) is 0 Å². The Morgan fingerprint density at radius 3 is 2.27 bits per heavy atom. The molecule has 0 aliphatic heterocycles. The summed E-state index contributed by atoms with van der Waals surface area (Å²) in [5.41, 5.74) is 2.82. The van der Waals surface area contributed by atoms with Gasteiger partial charge in [0.2, 0.25) is 5.91 Å². The lowest BCUT2D eigenvalue weighted by molar-refractivity contribution is -0.120. The van der Waals surface area contributed by atoms with Gasteiger partial charge in [-0.05, 0) is 31.0 Å². The molecule has 0 unspecified atom stereocenters. The largest absolute Gasteiger partial charge is 0.354 e. The quantitative estimate of drug-likeness (QED) is 0.857. The number of hydrogen-bond donors (Lipinski definition) is 2. The fourth-order valence-electron chi connectivity index (χ4n) is 2.02. The zero-order valence-electron chi connectivity index (χ0n) is 12.6. The molecule has 2 N–H and O–H groups in total. The summed E-state index contributed by atoms with van der Waals surface area (Å²) in [6, 6.07) is 17.2. The van der Waals surface area contributed by atoms with Crippen LogP contribution in [0.4, 0.5) is 0 Å². The fourth-order valence-corrected chi connectivity index (χ4v) is 2.02. The summed E-state index contributed by atoms with van der Waals surface area (Å²) in [5, 5.41) is 5.41. The van der Waals surface area contributed by atoms with Gasteiger partial charge in [-0.1, -0.05) is 48.0 Å². The highest BCUT2D eigenvalue weighted by Gasteiger charge is 2.07. The smallest absolute Gasteiger partial charge is 0.251 e. The topological polar surface area (TPSA) is 58.2 Å². The Morgan fingerprint density at radius 2 is 1.59 bits per heavy atom. The van der Waals surface area contributed by atoms with Crippen LogP contribution in [0.2, 0.25) is 0 Å². The highest BCUT2D eigenvalue weighted by Crippen LogP contribution is 2.02. The Bertz CT molecular complexity index is 621. The summed E-state index contributed by atoms with van der Waals surface area (Å²) < 4.78 is 0. The lowest BCUT2D eigenvalue weighted by Crippen LogP contribution is -2.37. The van der Waals surface area contributed by atoms with Crippen molar-refractivity contribution < 1.29 is 9.59 Å². The Hall–Kier alpha value is -2.62. The third-order valence-corrected chi connectivity index (χ3v) is 3.30. The minimum Gasteiger partial charge on any atom is -0.354 e. The van der Waals surface area contributed by atoms with Crippen molar-refractivity contribution >= 4 is 11.8 Å². The first-order valence-corrected chi connectivity index (χ1v) is 7.30. The molecule has 0 atom stereocenters. The minimum atomic E-state index is -0.238. The maximum atomic E-state index is 11.9. The van der Waals surface area contributed by atoms with Crippen LogP contribution in [0.5, 0.6) is 0 Å². The van der Waals surface area contributed by atoms with Crippen LogP contribution in [0.15, 0.2) is 54.6 Å². The van der Waals surface area contributed by atoms with Gasteiger partial charge in [0.1, 0.15) is 0 Å². The van der Waals surface area contributed by atoms with Gasteiger partial charge in [-0.3, -0.25) is 9.59 Å². The van der Waals surface area contributed by atoms with Crippen LogP contribution in [-0.4, -0.2) is 24.9 Å². The van der Waals surface area contributed by atoms with Crippen LogP contribution in [0.3, 0.4) is 0 Å². The first-order valence-electron chi connectivity index (χ1n) is 7.30. The third kappa shape index (κ3) is 5.05. The van der Waals surface area contributed by atoms with E-state index in [1.807, 2.05) is 49.4 Å². The Morgan fingerprint density at radius 1 is 0.909 bits per heavy atom. The van der Waals surface area contributed by atoms with Crippen molar-refractivity contribution in [2.24, 2.45) is 0 Å². The zero-order chi connectivity index (χ0) is 15.8. The molecule has 0 spiro atoms. The normalized spacial score (nSPS) is 10.0. The Balaban J connectivity index is 1.69. The molecule has 2 aromatic rings. The van der Waals surface area contributed by atoms with Crippen molar-refractivity contribution in [3.63, 3.8) is 0 Å². The van der Waals surface area contributed by atoms with Gasteiger partial charge < -0.3 is 10.6 Å². The van der Waals surface area contributed by atoms with E-state index in [1.165, 1.54) is 5.56 Å².